The maximum atomic E-state index is 13.0. The van der Waals surface area contributed by atoms with Crippen LogP contribution >= 0.6 is 0 Å². The highest BCUT2D eigenvalue weighted by Gasteiger charge is 2.30. The van der Waals surface area contributed by atoms with Crippen molar-refractivity contribution in [3.8, 4) is 5.75 Å². The van der Waals surface area contributed by atoms with E-state index in [4.69, 9.17) is 4.74 Å². The molecule has 1 aliphatic heterocycles. The van der Waals surface area contributed by atoms with Crippen LogP contribution in [0.1, 0.15) is 34.8 Å². The zero-order chi connectivity index (χ0) is 18.7. The molecule has 3 rings (SSSR count). The Morgan fingerprint density at radius 1 is 1.19 bits per heavy atom. The van der Waals surface area contributed by atoms with Gasteiger partial charge in [-0.2, -0.15) is 0 Å². The highest BCUT2D eigenvalue weighted by Crippen LogP contribution is 2.34. The number of nitrogens with zero attached hydrogens (tertiary/aromatic N) is 1. The van der Waals surface area contributed by atoms with E-state index in [1.54, 1.807) is 31.4 Å². The Morgan fingerprint density at radius 2 is 1.92 bits per heavy atom. The second-order valence-corrected chi connectivity index (χ2v) is 8.13. The topological polar surface area (TPSA) is 75.7 Å². The first-order chi connectivity index (χ1) is 12.4. The molecule has 0 spiro atoms. The van der Waals surface area contributed by atoms with Crippen LogP contribution in [0.25, 0.3) is 0 Å². The monoisotopic (exact) mass is 374 g/mol. The molecule has 0 saturated carbocycles. The quantitative estimate of drug-likeness (QED) is 0.873. The number of amides is 1. The van der Waals surface area contributed by atoms with Crippen molar-refractivity contribution in [2.75, 3.05) is 24.6 Å². The molecule has 0 unspecified atom stereocenters. The molecule has 0 aliphatic carbocycles. The lowest BCUT2D eigenvalue weighted by Crippen LogP contribution is -2.30. The fourth-order valence-electron chi connectivity index (χ4n) is 3.28. The normalized spacial score (nSPS) is 17.2. The largest absolute Gasteiger partial charge is 0.497 e. The van der Waals surface area contributed by atoms with Gasteiger partial charge in [0.05, 0.1) is 19.4 Å². The van der Waals surface area contributed by atoms with Crippen molar-refractivity contribution < 1.29 is 17.9 Å². The van der Waals surface area contributed by atoms with Crippen molar-refractivity contribution in [1.29, 1.82) is 0 Å². The minimum Gasteiger partial charge on any atom is -0.497 e. The minimum absolute atomic E-state index is 0.0138. The molecule has 1 amide bonds. The third kappa shape index (κ3) is 4.16. The predicted octanol–water partition coefficient (Wildman–Crippen LogP) is 3.04. The SMILES string of the molecule is COc1ccc([C@H]2CCCN2C(=O)c2cccc(NS(C)(=O)=O)c2)cc1. The Morgan fingerprint density at radius 3 is 2.58 bits per heavy atom. The van der Waals surface area contributed by atoms with Gasteiger partial charge in [-0.25, -0.2) is 8.42 Å². The first kappa shape index (κ1) is 18.3. The van der Waals surface area contributed by atoms with E-state index in [9.17, 15) is 13.2 Å². The van der Waals surface area contributed by atoms with Crippen LogP contribution in [0.15, 0.2) is 48.5 Å². The summed E-state index contributed by atoms with van der Waals surface area (Å²) in [6.45, 7) is 0.680. The van der Waals surface area contributed by atoms with Crippen molar-refractivity contribution in [3.63, 3.8) is 0 Å². The number of rotatable bonds is 5. The smallest absolute Gasteiger partial charge is 0.254 e. The Balaban J connectivity index is 1.83. The van der Waals surface area contributed by atoms with E-state index < -0.39 is 10.0 Å². The number of carbonyl (C=O) groups excluding carboxylic acids is 1. The van der Waals surface area contributed by atoms with Crippen molar-refractivity contribution in [1.82, 2.24) is 4.90 Å². The van der Waals surface area contributed by atoms with Gasteiger partial charge in [0.15, 0.2) is 0 Å². The van der Waals surface area contributed by atoms with E-state index in [1.807, 2.05) is 29.2 Å². The van der Waals surface area contributed by atoms with Gasteiger partial charge in [-0.05, 0) is 48.7 Å². The summed E-state index contributed by atoms with van der Waals surface area (Å²) in [4.78, 5) is 14.8. The Kier molecular flexibility index (Phi) is 5.18. The number of hydrogen-bond acceptors (Lipinski definition) is 4. The number of nitrogens with one attached hydrogen (secondary N) is 1. The molecule has 7 heteroatoms. The summed E-state index contributed by atoms with van der Waals surface area (Å²) < 4.78 is 30.4. The summed E-state index contributed by atoms with van der Waals surface area (Å²) in [5.74, 6) is 0.685. The number of methoxy groups -OCH3 is 1. The van der Waals surface area contributed by atoms with Crippen molar-refractivity contribution in [2.24, 2.45) is 0 Å². The lowest BCUT2D eigenvalue weighted by molar-refractivity contribution is 0.0735. The molecule has 1 fully saturated rings. The summed E-state index contributed by atoms with van der Waals surface area (Å²) in [5.41, 5.74) is 1.93. The second-order valence-electron chi connectivity index (χ2n) is 6.38. The Bertz CT molecular complexity index is 894. The molecule has 2 aromatic carbocycles. The van der Waals surface area contributed by atoms with E-state index in [2.05, 4.69) is 4.72 Å². The zero-order valence-electron chi connectivity index (χ0n) is 14.8. The average Bonchev–Trinajstić information content (AvgIpc) is 3.09. The fourth-order valence-corrected chi connectivity index (χ4v) is 3.83. The van der Waals surface area contributed by atoms with Crippen molar-refractivity contribution in [2.45, 2.75) is 18.9 Å². The summed E-state index contributed by atoms with van der Waals surface area (Å²) in [7, 11) is -1.76. The maximum Gasteiger partial charge on any atom is 0.254 e. The predicted molar refractivity (Wildman–Crippen MR) is 101 cm³/mol. The van der Waals surface area contributed by atoms with Gasteiger partial charge in [0, 0.05) is 17.8 Å². The molecule has 26 heavy (non-hydrogen) atoms. The minimum atomic E-state index is -3.39. The van der Waals surface area contributed by atoms with Gasteiger partial charge in [-0.1, -0.05) is 18.2 Å². The summed E-state index contributed by atoms with van der Waals surface area (Å²) in [6.07, 6.45) is 2.92. The summed E-state index contributed by atoms with van der Waals surface area (Å²) >= 11 is 0. The summed E-state index contributed by atoms with van der Waals surface area (Å²) in [6, 6.07) is 14.4. The van der Waals surface area contributed by atoms with Crippen LogP contribution in [0.2, 0.25) is 0 Å². The Hall–Kier alpha value is -2.54. The molecule has 2 aromatic rings. The molecule has 1 saturated heterocycles. The number of sulfonamides is 1. The van der Waals surface area contributed by atoms with Gasteiger partial charge < -0.3 is 9.64 Å². The van der Waals surface area contributed by atoms with Crippen LogP contribution in [-0.4, -0.2) is 39.1 Å². The molecule has 6 nitrogen and oxygen atoms in total. The molecule has 1 heterocycles. The highest BCUT2D eigenvalue weighted by atomic mass is 32.2. The number of benzene rings is 2. The molecule has 1 N–H and O–H groups in total. The molecule has 1 aliphatic rings. The number of ether oxygens (including phenoxy) is 1. The van der Waals surface area contributed by atoms with Gasteiger partial charge in [0.1, 0.15) is 5.75 Å². The second kappa shape index (κ2) is 7.37. The first-order valence-electron chi connectivity index (χ1n) is 8.40. The van der Waals surface area contributed by atoms with Gasteiger partial charge in [0.2, 0.25) is 10.0 Å². The molecule has 138 valence electrons. The number of carbonyl (C=O) groups is 1. The third-order valence-electron chi connectivity index (χ3n) is 4.43. The number of likely N-dealkylation sites (tertiary alicyclic amines) is 1. The lowest BCUT2D eigenvalue weighted by Gasteiger charge is -2.25. The van der Waals surface area contributed by atoms with Gasteiger partial charge >= 0.3 is 0 Å². The van der Waals surface area contributed by atoms with E-state index in [0.29, 0.717) is 17.8 Å². The average molecular weight is 374 g/mol. The number of hydrogen-bond donors (Lipinski definition) is 1. The van der Waals surface area contributed by atoms with Crippen LogP contribution in [0.3, 0.4) is 0 Å². The zero-order valence-corrected chi connectivity index (χ0v) is 15.6. The number of anilines is 1. The van der Waals surface area contributed by atoms with Gasteiger partial charge in [0.25, 0.3) is 5.91 Å². The molecule has 0 bridgehead atoms. The molecule has 1 atom stereocenters. The van der Waals surface area contributed by atoms with Crippen LogP contribution in [-0.2, 0) is 10.0 Å². The van der Waals surface area contributed by atoms with E-state index >= 15 is 0 Å². The third-order valence-corrected chi connectivity index (χ3v) is 5.03. The Labute approximate surface area is 153 Å². The molecule has 0 aromatic heterocycles. The highest BCUT2D eigenvalue weighted by molar-refractivity contribution is 7.92. The molecular weight excluding hydrogens is 352 g/mol. The van der Waals surface area contributed by atoms with Crippen LogP contribution < -0.4 is 9.46 Å². The van der Waals surface area contributed by atoms with Crippen LogP contribution in [0.4, 0.5) is 5.69 Å². The molecular formula is C19H22N2O4S. The van der Waals surface area contributed by atoms with Crippen LogP contribution in [0, 0.1) is 0 Å². The van der Waals surface area contributed by atoms with Crippen LogP contribution in [0.5, 0.6) is 5.75 Å². The van der Waals surface area contributed by atoms with Gasteiger partial charge in [-0.3, -0.25) is 9.52 Å². The lowest BCUT2D eigenvalue weighted by atomic mass is 10.0. The van der Waals surface area contributed by atoms with E-state index in [0.717, 1.165) is 30.4 Å². The molecule has 0 radical (unpaired) electrons. The fraction of sp³-hybridized carbons (Fsp3) is 0.316. The van der Waals surface area contributed by atoms with E-state index in [1.165, 1.54) is 0 Å². The standard InChI is InChI=1S/C19H22N2O4S/c1-25-17-10-8-14(9-11-17)18-7-4-12-21(18)19(22)15-5-3-6-16(13-15)20-26(2,23)24/h3,5-6,8-11,13,18,20H,4,7,12H2,1-2H3/t18-/m1/s1. The maximum absolute atomic E-state index is 13.0. The van der Waals surface area contributed by atoms with Crippen molar-refractivity contribution in [3.05, 3.63) is 59.7 Å². The van der Waals surface area contributed by atoms with Gasteiger partial charge in [-0.15, -0.1) is 0 Å². The van der Waals surface area contributed by atoms with Crippen molar-refractivity contribution >= 4 is 21.6 Å². The summed E-state index contributed by atoms with van der Waals surface area (Å²) in [5, 5.41) is 0. The van der Waals surface area contributed by atoms with E-state index in [-0.39, 0.29) is 11.9 Å². The first-order valence-corrected chi connectivity index (χ1v) is 10.3.